The zero-order valence-electron chi connectivity index (χ0n) is 12.5. The second kappa shape index (κ2) is 6.33. The molecule has 2 heteroatoms. The van der Waals surface area contributed by atoms with Crippen molar-refractivity contribution in [2.75, 3.05) is 13.6 Å². The van der Waals surface area contributed by atoms with Gasteiger partial charge in [-0.25, -0.2) is 0 Å². The third kappa shape index (κ3) is 3.07. The van der Waals surface area contributed by atoms with Crippen LogP contribution in [0.2, 0.25) is 0 Å². The molecule has 0 fully saturated rings. The van der Waals surface area contributed by atoms with Crippen molar-refractivity contribution in [2.45, 2.75) is 31.1 Å². The van der Waals surface area contributed by atoms with Gasteiger partial charge in [-0.2, -0.15) is 0 Å². The summed E-state index contributed by atoms with van der Waals surface area (Å²) in [6.07, 6.45) is 4.87. The Balaban J connectivity index is 2.01. The van der Waals surface area contributed by atoms with Crippen molar-refractivity contribution in [3.05, 3.63) is 69.7 Å². The summed E-state index contributed by atoms with van der Waals surface area (Å²) in [6.45, 7) is 1.04. The Labute approximate surface area is 135 Å². The molecule has 0 bridgehead atoms. The smallest absolute Gasteiger partial charge is 0.0178 e. The minimum absolute atomic E-state index is 0.227. The molecular formula is C19H22BrN. The van der Waals surface area contributed by atoms with Gasteiger partial charge in [0.1, 0.15) is 0 Å². The normalized spacial score (nSPS) is 21.0. The number of halogens is 1. The molecule has 3 rings (SSSR count). The molecule has 1 aliphatic rings. The predicted octanol–water partition coefficient (Wildman–Crippen LogP) is 4.49. The number of benzene rings is 2. The Kier molecular flexibility index (Phi) is 4.46. The summed E-state index contributed by atoms with van der Waals surface area (Å²) in [5.41, 5.74) is 4.72. The zero-order chi connectivity index (χ0) is 14.7. The molecule has 110 valence electrons. The number of rotatable bonds is 4. The number of fused-ring (bicyclic) bond motifs is 1. The van der Waals surface area contributed by atoms with Crippen molar-refractivity contribution in [1.29, 1.82) is 0 Å². The molecule has 0 spiro atoms. The Hall–Kier alpha value is -1.12. The molecule has 1 atom stereocenters. The summed E-state index contributed by atoms with van der Waals surface area (Å²) < 4.78 is 1.17. The van der Waals surface area contributed by atoms with Gasteiger partial charge in [-0.15, -0.1) is 0 Å². The first kappa shape index (κ1) is 14.8. The second-order valence-corrected chi connectivity index (χ2v) is 7.04. The van der Waals surface area contributed by atoms with Crippen LogP contribution in [0.15, 0.2) is 53.0 Å². The molecule has 0 saturated carbocycles. The van der Waals surface area contributed by atoms with Crippen molar-refractivity contribution in [3.8, 4) is 0 Å². The number of hydrogen-bond acceptors (Lipinski definition) is 1. The molecule has 0 heterocycles. The van der Waals surface area contributed by atoms with E-state index in [-0.39, 0.29) is 5.41 Å². The number of aryl methyl sites for hydroxylation is 1. The minimum Gasteiger partial charge on any atom is -0.319 e. The first-order chi connectivity index (χ1) is 10.2. The van der Waals surface area contributed by atoms with Gasteiger partial charge in [0.2, 0.25) is 0 Å². The highest BCUT2D eigenvalue weighted by Gasteiger charge is 2.35. The van der Waals surface area contributed by atoms with Crippen LogP contribution in [0.25, 0.3) is 0 Å². The standard InChI is InChI=1S/C19H22BrN/c1-21-14-19(13-15-6-4-9-17(20)12-15)11-5-8-16-7-2-3-10-18(16)19/h2-4,6-7,9-10,12,21H,5,8,11,13-14H2,1H3. The first-order valence-corrected chi connectivity index (χ1v) is 8.50. The fourth-order valence-corrected chi connectivity index (χ4v) is 4.26. The highest BCUT2D eigenvalue weighted by Crippen LogP contribution is 2.39. The van der Waals surface area contributed by atoms with Crippen molar-refractivity contribution < 1.29 is 0 Å². The quantitative estimate of drug-likeness (QED) is 0.862. The highest BCUT2D eigenvalue weighted by atomic mass is 79.9. The third-order valence-electron chi connectivity index (χ3n) is 4.64. The van der Waals surface area contributed by atoms with Gasteiger partial charge in [0.15, 0.2) is 0 Å². The van der Waals surface area contributed by atoms with Crippen molar-refractivity contribution in [3.63, 3.8) is 0 Å². The first-order valence-electron chi connectivity index (χ1n) is 7.71. The molecule has 2 aromatic carbocycles. The fraction of sp³-hybridized carbons (Fsp3) is 0.368. The van der Waals surface area contributed by atoms with Gasteiger partial charge >= 0.3 is 0 Å². The summed E-state index contributed by atoms with van der Waals surface area (Å²) in [7, 11) is 2.07. The fourth-order valence-electron chi connectivity index (χ4n) is 3.81. The molecule has 0 radical (unpaired) electrons. The summed E-state index contributed by atoms with van der Waals surface area (Å²) in [5, 5.41) is 3.44. The predicted molar refractivity (Wildman–Crippen MR) is 92.8 cm³/mol. The summed E-state index contributed by atoms with van der Waals surface area (Å²) >= 11 is 3.60. The largest absolute Gasteiger partial charge is 0.319 e. The van der Waals surface area contributed by atoms with Gasteiger partial charge < -0.3 is 5.32 Å². The van der Waals surface area contributed by atoms with E-state index in [1.807, 2.05) is 0 Å². The van der Waals surface area contributed by atoms with Gasteiger partial charge in [0.05, 0.1) is 0 Å². The van der Waals surface area contributed by atoms with Crippen LogP contribution in [-0.2, 0) is 18.3 Å². The molecule has 1 unspecified atom stereocenters. The SMILES string of the molecule is CNCC1(Cc2cccc(Br)c2)CCCc2ccccc21. The van der Waals surface area contributed by atoms with Crippen molar-refractivity contribution in [2.24, 2.45) is 0 Å². The average molecular weight is 344 g/mol. The third-order valence-corrected chi connectivity index (χ3v) is 5.13. The van der Waals surface area contributed by atoms with Crippen molar-refractivity contribution in [1.82, 2.24) is 5.32 Å². The van der Waals surface area contributed by atoms with Crippen LogP contribution in [0.4, 0.5) is 0 Å². The van der Waals surface area contributed by atoms with E-state index in [0.717, 1.165) is 13.0 Å². The van der Waals surface area contributed by atoms with Crippen LogP contribution in [0.3, 0.4) is 0 Å². The molecule has 0 aliphatic heterocycles. The molecule has 2 aromatic rings. The van der Waals surface area contributed by atoms with Crippen LogP contribution in [0, 0.1) is 0 Å². The number of likely N-dealkylation sites (N-methyl/N-ethyl adjacent to an activating group) is 1. The Morgan fingerprint density at radius 1 is 1.14 bits per heavy atom. The maximum absolute atomic E-state index is 3.60. The Morgan fingerprint density at radius 2 is 2.00 bits per heavy atom. The summed E-state index contributed by atoms with van der Waals surface area (Å²) in [6, 6.07) is 17.8. The minimum atomic E-state index is 0.227. The lowest BCUT2D eigenvalue weighted by molar-refractivity contribution is 0.345. The van der Waals surface area contributed by atoms with Crippen LogP contribution in [0.5, 0.6) is 0 Å². The van der Waals surface area contributed by atoms with E-state index in [0.29, 0.717) is 0 Å². The molecule has 1 N–H and O–H groups in total. The molecule has 0 aromatic heterocycles. The highest BCUT2D eigenvalue weighted by molar-refractivity contribution is 9.10. The molecule has 21 heavy (non-hydrogen) atoms. The van der Waals surface area contributed by atoms with E-state index < -0.39 is 0 Å². The molecule has 1 nitrogen and oxygen atoms in total. The van der Waals surface area contributed by atoms with E-state index in [1.54, 1.807) is 5.56 Å². The average Bonchev–Trinajstić information content (AvgIpc) is 2.48. The van der Waals surface area contributed by atoms with Crippen LogP contribution in [-0.4, -0.2) is 13.6 Å². The van der Waals surface area contributed by atoms with E-state index in [1.165, 1.54) is 34.9 Å². The monoisotopic (exact) mass is 343 g/mol. The van der Waals surface area contributed by atoms with Gasteiger partial charge in [-0.1, -0.05) is 52.3 Å². The molecule has 0 saturated heterocycles. The molecule has 1 aliphatic carbocycles. The van der Waals surface area contributed by atoms with Crippen LogP contribution >= 0.6 is 15.9 Å². The van der Waals surface area contributed by atoms with Crippen LogP contribution < -0.4 is 5.32 Å². The van der Waals surface area contributed by atoms with E-state index >= 15 is 0 Å². The maximum Gasteiger partial charge on any atom is 0.0178 e. The Bertz CT molecular complexity index is 622. The van der Waals surface area contributed by atoms with Gasteiger partial charge in [-0.3, -0.25) is 0 Å². The topological polar surface area (TPSA) is 12.0 Å². The maximum atomic E-state index is 3.60. The van der Waals surface area contributed by atoms with Gasteiger partial charge in [0.25, 0.3) is 0 Å². The van der Waals surface area contributed by atoms with Gasteiger partial charge in [-0.05, 0) is 61.6 Å². The molecule has 0 amide bonds. The van der Waals surface area contributed by atoms with Crippen LogP contribution in [0.1, 0.15) is 29.5 Å². The molecular weight excluding hydrogens is 322 g/mol. The van der Waals surface area contributed by atoms with E-state index in [2.05, 4.69) is 76.8 Å². The summed E-state index contributed by atoms with van der Waals surface area (Å²) in [5.74, 6) is 0. The zero-order valence-corrected chi connectivity index (χ0v) is 14.1. The number of hydrogen-bond donors (Lipinski definition) is 1. The lowest BCUT2D eigenvalue weighted by atomic mass is 9.67. The van der Waals surface area contributed by atoms with Gasteiger partial charge in [0, 0.05) is 16.4 Å². The van der Waals surface area contributed by atoms with E-state index in [9.17, 15) is 0 Å². The Morgan fingerprint density at radius 3 is 2.81 bits per heavy atom. The number of nitrogens with one attached hydrogen (secondary N) is 1. The van der Waals surface area contributed by atoms with Crippen molar-refractivity contribution >= 4 is 15.9 Å². The summed E-state index contributed by atoms with van der Waals surface area (Å²) in [4.78, 5) is 0. The lowest BCUT2D eigenvalue weighted by Gasteiger charge is -2.39. The lowest BCUT2D eigenvalue weighted by Crippen LogP contribution is -2.41. The second-order valence-electron chi connectivity index (χ2n) is 6.13. The van der Waals surface area contributed by atoms with E-state index in [4.69, 9.17) is 0 Å².